The van der Waals surface area contributed by atoms with Crippen LogP contribution in [0.15, 0.2) is 0 Å². The second kappa shape index (κ2) is 14.9. The van der Waals surface area contributed by atoms with Crippen LogP contribution in [0.2, 0.25) is 6.04 Å². The van der Waals surface area contributed by atoms with E-state index in [0.717, 1.165) is 17.6 Å². The number of aliphatic hydroxyl groups excluding tert-OH is 2. The van der Waals surface area contributed by atoms with Gasteiger partial charge in [-0.3, -0.25) is 0 Å². The van der Waals surface area contributed by atoms with Crippen molar-refractivity contribution in [1.29, 1.82) is 0 Å². The van der Waals surface area contributed by atoms with Crippen LogP contribution in [0.4, 0.5) is 0 Å². The van der Waals surface area contributed by atoms with Gasteiger partial charge in [-0.05, 0) is 12.8 Å². The molecule has 0 aromatic heterocycles. The van der Waals surface area contributed by atoms with Crippen LogP contribution in [0.1, 0.15) is 32.6 Å². The van der Waals surface area contributed by atoms with Crippen LogP contribution >= 0.6 is 0 Å². The molecule has 0 aliphatic heterocycles. The lowest BCUT2D eigenvalue weighted by molar-refractivity contribution is -0.890. The Labute approximate surface area is 159 Å². The van der Waals surface area contributed by atoms with E-state index in [1.165, 1.54) is 19.3 Å². The zero-order valence-corrected chi connectivity index (χ0v) is 17.7. The first kappa shape index (κ1) is 25.9. The predicted molar refractivity (Wildman–Crippen MR) is 102 cm³/mol. The largest absolute Gasteiger partial charge is 0.495 e. The molecule has 0 spiro atoms. The first-order valence-corrected chi connectivity index (χ1v) is 11.6. The Morgan fingerprint density at radius 1 is 0.923 bits per heavy atom. The first-order chi connectivity index (χ1) is 12.3. The highest BCUT2D eigenvalue weighted by Crippen LogP contribution is 2.13. The number of rotatable bonds is 18. The van der Waals surface area contributed by atoms with Crippen molar-refractivity contribution in [3.8, 4) is 0 Å². The molecule has 1 atom stereocenters. The fourth-order valence-electron chi connectivity index (χ4n) is 2.58. The van der Waals surface area contributed by atoms with Crippen LogP contribution in [-0.4, -0.2) is 106 Å². The van der Waals surface area contributed by atoms with Crippen LogP contribution < -0.4 is 0 Å². The lowest BCUT2D eigenvalue weighted by Gasteiger charge is -2.30. The Balaban J connectivity index is 4.18. The van der Waals surface area contributed by atoms with E-state index in [9.17, 15) is 9.59 Å². The molecule has 4 N–H and O–H groups in total. The lowest BCUT2D eigenvalue weighted by atomic mass is 10.2. The maximum atomic E-state index is 10.2. The van der Waals surface area contributed by atoms with E-state index in [1.807, 2.05) is 0 Å². The fourth-order valence-corrected chi connectivity index (χ4v) is 3.80. The summed E-state index contributed by atoms with van der Waals surface area (Å²) in [6, 6.07) is 0.243. The number of hydrogen-bond donors (Lipinski definition) is 4. The average molecular weight is 399 g/mol. The van der Waals surface area contributed by atoms with Gasteiger partial charge < -0.3 is 38.2 Å². The van der Waals surface area contributed by atoms with Gasteiger partial charge in [0.1, 0.15) is 6.10 Å². The molecule has 0 aliphatic carbocycles. The van der Waals surface area contributed by atoms with Gasteiger partial charge in [0.05, 0.1) is 66.8 Å². The highest BCUT2D eigenvalue weighted by atomic mass is 28.4. The summed E-state index contributed by atoms with van der Waals surface area (Å²) in [6.07, 6.45) is 3.76. The van der Waals surface area contributed by atoms with Crippen molar-refractivity contribution in [1.82, 2.24) is 0 Å². The van der Waals surface area contributed by atoms with Crippen molar-refractivity contribution in [3.05, 3.63) is 0 Å². The van der Waals surface area contributed by atoms with Gasteiger partial charge in [0.15, 0.2) is 0 Å². The van der Waals surface area contributed by atoms with Gasteiger partial charge in [0.2, 0.25) is 0 Å². The number of aliphatic hydroxyl groups is 2. The van der Waals surface area contributed by atoms with E-state index < -0.39 is 14.9 Å². The molecule has 26 heavy (non-hydrogen) atoms. The van der Waals surface area contributed by atoms with Crippen molar-refractivity contribution in [2.24, 2.45) is 0 Å². The zero-order valence-electron chi connectivity index (χ0n) is 16.7. The van der Waals surface area contributed by atoms with Gasteiger partial charge in [0, 0.05) is 12.5 Å². The molecule has 0 aliphatic rings. The van der Waals surface area contributed by atoms with E-state index in [-0.39, 0.29) is 45.7 Å². The van der Waals surface area contributed by atoms with Gasteiger partial charge in [0.25, 0.3) is 0 Å². The molecular weight excluding hydrogens is 358 g/mol. The summed E-state index contributed by atoms with van der Waals surface area (Å²) >= 11 is 0. The van der Waals surface area contributed by atoms with Gasteiger partial charge in [-0.15, -0.1) is 0 Å². The summed E-state index contributed by atoms with van der Waals surface area (Å²) in [7, 11) is 0.569. The smallest absolute Gasteiger partial charge is 0.394 e. The van der Waals surface area contributed by atoms with E-state index in [0.29, 0.717) is 6.42 Å². The lowest BCUT2D eigenvalue weighted by Crippen LogP contribution is -2.45. The molecule has 9 heteroatoms. The molecule has 0 amide bonds. The maximum absolute atomic E-state index is 10.2. The molecule has 1 unspecified atom stereocenters. The Morgan fingerprint density at radius 2 is 1.58 bits per heavy atom. The van der Waals surface area contributed by atoms with Crippen LogP contribution in [-0.2, 0) is 13.9 Å². The summed E-state index contributed by atoms with van der Waals surface area (Å²) < 4.78 is 16.7. The molecule has 0 fully saturated rings. The zero-order chi connectivity index (χ0) is 19.9. The second-order valence-corrected chi connectivity index (χ2v) is 9.54. The van der Waals surface area contributed by atoms with Gasteiger partial charge in [-0.25, -0.2) is 0 Å². The topological polar surface area (TPSA) is 109 Å². The maximum Gasteiger partial charge on any atom is 0.495 e. The minimum absolute atomic E-state index is 0.0145. The summed E-state index contributed by atoms with van der Waals surface area (Å²) in [6.45, 7) is 4.33. The molecule has 158 valence electrons. The van der Waals surface area contributed by atoms with Crippen molar-refractivity contribution < 1.29 is 38.2 Å². The van der Waals surface area contributed by atoms with E-state index in [2.05, 4.69) is 21.0 Å². The molecule has 0 saturated carbocycles. The third-order valence-corrected chi connectivity index (χ3v) is 5.75. The summed E-state index contributed by atoms with van der Waals surface area (Å²) in [4.78, 5) is 20.3. The third kappa shape index (κ3) is 15.0. The van der Waals surface area contributed by atoms with Gasteiger partial charge >= 0.3 is 8.80 Å². The fraction of sp³-hybridized carbons (Fsp3) is 1.00. The molecule has 0 heterocycles. The Bertz CT molecular complexity index is 332. The SMILES string of the molecule is CCCCC[N+](C)(C)CCC[Si](O)(O)OCC(COCCO)OCCO. The summed E-state index contributed by atoms with van der Waals surface area (Å²) in [5, 5.41) is 17.6. The molecule has 0 radical (unpaired) electrons. The normalized spacial score (nSPS) is 14.0. The van der Waals surface area contributed by atoms with Crippen molar-refractivity contribution in [2.75, 3.05) is 66.8 Å². The van der Waals surface area contributed by atoms with Gasteiger partial charge in [-0.1, -0.05) is 13.3 Å². The predicted octanol–water partition coefficient (Wildman–Crippen LogP) is -0.0304. The van der Waals surface area contributed by atoms with E-state index in [4.69, 9.17) is 24.1 Å². The Kier molecular flexibility index (Phi) is 14.8. The highest BCUT2D eigenvalue weighted by Gasteiger charge is 2.34. The molecule has 0 saturated heterocycles. The second-order valence-electron chi connectivity index (χ2n) is 7.26. The molecule has 0 rings (SSSR count). The highest BCUT2D eigenvalue weighted by molar-refractivity contribution is 6.57. The monoisotopic (exact) mass is 398 g/mol. The third-order valence-electron chi connectivity index (χ3n) is 4.12. The van der Waals surface area contributed by atoms with Crippen LogP contribution in [0.25, 0.3) is 0 Å². The van der Waals surface area contributed by atoms with Crippen LogP contribution in [0, 0.1) is 0 Å². The number of unbranched alkanes of at least 4 members (excludes halogenated alkanes) is 2. The minimum atomic E-state index is -3.75. The number of ether oxygens (including phenoxy) is 2. The van der Waals surface area contributed by atoms with E-state index >= 15 is 0 Å². The Hall–Kier alpha value is -0.103. The van der Waals surface area contributed by atoms with Crippen LogP contribution in [0.5, 0.6) is 0 Å². The molecule has 0 bridgehead atoms. The first-order valence-electron chi connectivity index (χ1n) is 9.58. The number of nitrogens with zero attached hydrogens (tertiary/aromatic N) is 1. The van der Waals surface area contributed by atoms with Crippen molar-refractivity contribution >= 4 is 8.80 Å². The molecule has 0 aromatic rings. The number of quaternary nitrogens is 1. The average Bonchev–Trinajstić information content (AvgIpc) is 2.56. The van der Waals surface area contributed by atoms with Gasteiger partial charge in [-0.2, -0.15) is 0 Å². The molecule has 0 aromatic carbocycles. The quantitative estimate of drug-likeness (QED) is 0.146. The Morgan fingerprint density at radius 3 is 2.19 bits per heavy atom. The summed E-state index contributed by atoms with van der Waals surface area (Å²) in [5.74, 6) is 0. The van der Waals surface area contributed by atoms with Crippen molar-refractivity contribution in [3.63, 3.8) is 0 Å². The minimum Gasteiger partial charge on any atom is -0.394 e. The standard InChI is InChI=1S/C17H40NO7Si/c1-4-5-6-8-18(2,3)9-7-14-26(21,22)25-16-17(24-13-11-20)15-23-12-10-19/h17,19-22H,4-16H2,1-3H3/q+1. The molecule has 8 nitrogen and oxygen atoms in total. The van der Waals surface area contributed by atoms with E-state index in [1.54, 1.807) is 0 Å². The van der Waals surface area contributed by atoms with Crippen LogP contribution in [0.3, 0.4) is 0 Å². The molecular formula is C17H40NO7Si+. The summed E-state index contributed by atoms with van der Waals surface area (Å²) in [5.41, 5.74) is 0. The number of hydrogen-bond acceptors (Lipinski definition) is 7. The van der Waals surface area contributed by atoms with Crippen molar-refractivity contribution in [2.45, 2.75) is 44.8 Å².